The fraction of sp³-hybridized carbons (Fsp3) is 0.439. The lowest BCUT2D eigenvalue weighted by atomic mass is 9.97. The molecule has 4 aromatic rings. The number of carbonyl (C=O) groups excluding carboxylic acids is 2. The third-order valence-corrected chi connectivity index (χ3v) is 10.1. The highest BCUT2D eigenvalue weighted by Crippen LogP contribution is 2.32. The van der Waals surface area contributed by atoms with Crippen LogP contribution in [0.15, 0.2) is 60.8 Å². The first kappa shape index (κ1) is 41.6. The van der Waals surface area contributed by atoms with E-state index in [0.717, 1.165) is 64.7 Å². The van der Waals surface area contributed by atoms with E-state index in [4.69, 9.17) is 42.1 Å². The molecule has 290 valence electrons. The molecular formula is C41H49BrCl2N4O6. The van der Waals surface area contributed by atoms with Crippen molar-refractivity contribution < 1.29 is 50.1 Å². The molecule has 0 saturated carbocycles. The summed E-state index contributed by atoms with van der Waals surface area (Å²) in [4.78, 5) is 28.7. The van der Waals surface area contributed by atoms with Gasteiger partial charge in [-0.15, -0.1) is 0 Å². The fourth-order valence-electron chi connectivity index (χ4n) is 6.73. The van der Waals surface area contributed by atoms with Gasteiger partial charge in [0, 0.05) is 43.8 Å². The van der Waals surface area contributed by atoms with Crippen LogP contribution in [-0.2, 0) is 38.8 Å². The molecule has 1 amide bonds. The van der Waals surface area contributed by atoms with Crippen molar-refractivity contribution in [3.63, 3.8) is 0 Å². The van der Waals surface area contributed by atoms with Gasteiger partial charge in [-0.05, 0) is 112 Å². The monoisotopic (exact) mass is 842 g/mol. The quantitative estimate of drug-likeness (QED) is 0.133. The summed E-state index contributed by atoms with van der Waals surface area (Å²) in [7, 11) is 0. The second-order valence-electron chi connectivity index (χ2n) is 14.8. The van der Waals surface area contributed by atoms with Crippen molar-refractivity contribution in [1.82, 2.24) is 9.47 Å². The van der Waals surface area contributed by atoms with Gasteiger partial charge in [0.25, 0.3) is 5.82 Å². The molecule has 2 fully saturated rings. The second-order valence-corrected chi connectivity index (χ2v) is 15.6. The summed E-state index contributed by atoms with van der Waals surface area (Å²) < 4.78 is 28.7. The largest absolute Gasteiger partial charge is 1.00 e. The van der Waals surface area contributed by atoms with E-state index in [-0.39, 0.29) is 35.5 Å². The molecule has 0 spiro atoms. The minimum Gasteiger partial charge on any atom is -1.00 e. The number of aromatic nitrogens is 2. The van der Waals surface area contributed by atoms with Crippen LogP contribution in [0.4, 0.5) is 5.69 Å². The van der Waals surface area contributed by atoms with Crippen LogP contribution < -0.4 is 35.9 Å². The van der Waals surface area contributed by atoms with Crippen molar-refractivity contribution in [2.75, 3.05) is 44.3 Å². The third kappa shape index (κ3) is 9.97. The summed E-state index contributed by atoms with van der Waals surface area (Å²) in [6, 6.07) is 17.7. The summed E-state index contributed by atoms with van der Waals surface area (Å²) in [6.45, 7) is 16.5. The van der Waals surface area contributed by atoms with Crippen molar-refractivity contribution in [3.05, 3.63) is 93.2 Å². The molecule has 1 aromatic heterocycles. The molecule has 2 aliphatic rings. The first-order chi connectivity index (χ1) is 25.3. The Morgan fingerprint density at radius 2 is 1.57 bits per heavy atom. The van der Waals surface area contributed by atoms with Crippen LogP contribution in [0.5, 0.6) is 11.5 Å². The molecule has 6 rings (SSSR count). The average Bonchev–Trinajstić information content (AvgIpc) is 3.44. The van der Waals surface area contributed by atoms with Crippen molar-refractivity contribution in [1.29, 1.82) is 0 Å². The topological polar surface area (TPSA) is 86.4 Å². The summed E-state index contributed by atoms with van der Waals surface area (Å²) in [5, 5.41) is 1.06. The lowest BCUT2D eigenvalue weighted by molar-refractivity contribution is -0.677. The van der Waals surface area contributed by atoms with Crippen molar-refractivity contribution in [2.24, 2.45) is 5.41 Å². The summed E-state index contributed by atoms with van der Waals surface area (Å²) >= 11 is 13.3. The number of benzene rings is 3. The third-order valence-electron chi connectivity index (χ3n) is 9.57. The number of hydrogen-bond acceptors (Lipinski definition) is 7. The number of imidazole rings is 1. The van der Waals surface area contributed by atoms with E-state index in [0.29, 0.717) is 55.2 Å². The number of piperazine rings is 1. The van der Waals surface area contributed by atoms with Crippen LogP contribution in [0, 0.1) is 19.3 Å². The van der Waals surface area contributed by atoms with Crippen LogP contribution >= 0.6 is 23.2 Å². The smallest absolute Gasteiger partial charge is 0.316 e. The Morgan fingerprint density at radius 3 is 2.17 bits per heavy atom. The van der Waals surface area contributed by atoms with Crippen LogP contribution in [0.1, 0.15) is 56.5 Å². The number of amides is 1. The molecule has 0 unspecified atom stereocenters. The second kappa shape index (κ2) is 17.9. The van der Waals surface area contributed by atoms with Gasteiger partial charge in [0.2, 0.25) is 5.91 Å². The molecule has 13 heteroatoms. The number of halogens is 3. The molecule has 0 aliphatic carbocycles. The van der Waals surface area contributed by atoms with Gasteiger partial charge in [0.15, 0.2) is 18.6 Å². The zero-order valence-corrected chi connectivity index (χ0v) is 34.9. The highest BCUT2D eigenvalue weighted by Gasteiger charge is 2.32. The van der Waals surface area contributed by atoms with Crippen LogP contribution in [-0.4, -0.2) is 67.0 Å². The summed E-state index contributed by atoms with van der Waals surface area (Å²) in [6.07, 6.45) is 2.48. The van der Waals surface area contributed by atoms with E-state index in [1.54, 1.807) is 13.0 Å². The Balaban J connectivity index is 0.00000561. The van der Waals surface area contributed by atoms with Gasteiger partial charge in [-0.2, -0.15) is 0 Å². The summed E-state index contributed by atoms with van der Waals surface area (Å²) in [5.74, 6) is 2.01. The number of anilines is 1. The first-order valence-corrected chi connectivity index (χ1v) is 18.9. The van der Waals surface area contributed by atoms with Gasteiger partial charge >= 0.3 is 5.97 Å². The van der Waals surface area contributed by atoms with E-state index in [1.165, 1.54) is 0 Å². The van der Waals surface area contributed by atoms with Gasteiger partial charge in [-0.1, -0.05) is 23.2 Å². The predicted molar refractivity (Wildman–Crippen MR) is 206 cm³/mol. The lowest BCUT2D eigenvalue weighted by Gasteiger charge is -2.35. The Labute approximate surface area is 338 Å². The maximum Gasteiger partial charge on any atom is 0.316 e. The Bertz CT molecular complexity index is 1930. The number of ether oxygens (including phenoxy) is 4. The zero-order chi connectivity index (χ0) is 37.9. The molecule has 0 radical (unpaired) electrons. The SMILES string of the molecule is CC(=O)N1CCN(c2ccc(OCc3c[n+](Cc4cc(C)c(OC(=O)C(C)(C)C)c(C)c4)c(-c4ccc(Cl)cc4Cl)n3CC3OCCCO3)cc2)CC1.[Br-]. The Kier molecular flexibility index (Phi) is 13.8. The number of esters is 1. The van der Waals surface area contributed by atoms with E-state index in [2.05, 4.69) is 44.5 Å². The lowest BCUT2D eigenvalue weighted by Crippen LogP contribution is -3.00. The molecule has 54 heavy (non-hydrogen) atoms. The number of hydrogen-bond donors (Lipinski definition) is 0. The number of nitrogens with zero attached hydrogens (tertiary/aromatic N) is 4. The standard InChI is InChI=1S/C41H49Cl2N4O6.BrH/c1-27-20-30(21-28(2)38(27)53-40(49)41(4,5)6)23-46-24-33(26-52-34-11-9-32(10-12-34)45-16-14-44(15-17-45)29(3)48)47(25-37-50-18-7-19-51-37)39(46)35-13-8-31(42)22-36(35)43;/h8-13,20-22,24,37H,7,14-19,23,25-26H2,1-6H3;1H/q+1;/p-1. The highest BCUT2D eigenvalue weighted by atomic mass is 79.9. The van der Waals surface area contributed by atoms with E-state index >= 15 is 0 Å². The van der Waals surface area contributed by atoms with E-state index in [9.17, 15) is 9.59 Å². The number of carbonyl (C=O) groups is 2. The molecule has 3 aromatic carbocycles. The van der Waals surface area contributed by atoms with Gasteiger partial charge < -0.3 is 45.7 Å². The Morgan fingerprint density at radius 1 is 0.926 bits per heavy atom. The maximum atomic E-state index is 12.8. The predicted octanol–water partition coefficient (Wildman–Crippen LogP) is 4.38. The van der Waals surface area contributed by atoms with E-state index in [1.807, 2.05) is 63.8 Å². The van der Waals surface area contributed by atoms with Gasteiger partial charge in [0.1, 0.15) is 30.8 Å². The number of aryl methyl sites for hydroxylation is 2. The molecule has 2 aliphatic heterocycles. The highest BCUT2D eigenvalue weighted by molar-refractivity contribution is 6.36. The summed E-state index contributed by atoms with van der Waals surface area (Å²) in [5.41, 5.74) is 4.96. The minimum atomic E-state index is -0.623. The molecular weight excluding hydrogens is 795 g/mol. The van der Waals surface area contributed by atoms with Crippen molar-refractivity contribution >= 4 is 40.8 Å². The van der Waals surface area contributed by atoms with E-state index < -0.39 is 11.7 Å². The van der Waals surface area contributed by atoms with Crippen LogP contribution in [0.25, 0.3) is 11.4 Å². The van der Waals surface area contributed by atoms with Gasteiger partial charge in [-0.3, -0.25) is 9.59 Å². The fourth-order valence-corrected chi connectivity index (χ4v) is 7.22. The number of rotatable bonds is 10. The minimum absolute atomic E-state index is 0. The van der Waals surface area contributed by atoms with Crippen molar-refractivity contribution in [2.45, 2.75) is 73.9 Å². The molecule has 3 heterocycles. The van der Waals surface area contributed by atoms with Crippen molar-refractivity contribution in [3.8, 4) is 22.9 Å². The average molecular weight is 845 g/mol. The van der Waals surface area contributed by atoms with Crippen LogP contribution in [0.2, 0.25) is 10.0 Å². The van der Waals surface area contributed by atoms with Crippen LogP contribution in [0.3, 0.4) is 0 Å². The maximum absolute atomic E-state index is 12.8. The molecule has 0 N–H and O–H groups in total. The Hall–Kier alpha value is -3.61. The van der Waals surface area contributed by atoms with Gasteiger partial charge in [-0.25, -0.2) is 9.13 Å². The zero-order valence-electron chi connectivity index (χ0n) is 31.8. The molecule has 10 nitrogen and oxygen atoms in total. The molecule has 0 atom stereocenters. The van der Waals surface area contributed by atoms with Gasteiger partial charge in [0.05, 0.1) is 29.2 Å². The first-order valence-electron chi connectivity index (χ1n) is 18.1. The molecule has 0 bridgehead atoms. The normalized spacial score (nSPS) is 15.2. The molecule has 2 saturated heterocycles.